The van der Waals surface area contributed by atoms with E-state index in [0.29, 0.717) is 19.0 Å². The monoisotopic (exact) mass is 331 g/mol. The molecule has 3 rings (SSSR count). The van der Waals surface area contributed by atoms with E-state index in [2.05, 4.69) is 10.9 Å². The lowest BCUT2D eigenvalue weighted by molar-refractivity contribution is 0.306. The number of imidazole rings is 1. The molecule has 0 aliphatic heterocycles. The highest BCUT2D eigenvalue weighted by atomic mass is 16.5. The Balaban J connectivity index is 1.77. The summed E-state index contributed by atoms with van der Waals surface area (Å²) in [6.45, 7) is 3.01. The number of terminal acetylenes is 1. The summed E-state index contributed by atoms with van der Waals surface area (Å²) in [5.41, 5.74) is 9.10. The number of nitrogens with two attached hydrogens (primary N) is 1. The summed E-state index contributed by atoms with van der Waals surface area (Å²) >= 11 is 0. The van der Waals surface area contributed by atoms with Gasteiger partial charge >= 0.3 is 0 Å². The molecule has 0 saturated heterocycles. The molecule has 2 N–H and O–H groups in total. The van der Waals surface area contributed by atoms with Gasteiger partial charge in [0, 0.05) is 12.0 Å². The van der Waals surface area contributed by atoms with Crippen molar-refractivity contribution >= 4 is 5.82 Å². The maximum Gasteiger partial charge on any atom is 0.132 e. The predicted octanol–water partition coefficient (Wildman–Crippen LogP) is 3.91. The van der Waals surface area contributed by atoms with Gasteiger partial charge < -0.3 is 15.0 Å². The molecule has 0 bridgehead atoms. The van der Waals surface area contributed by atoms with Crippen molar-refractivity contribution in [3.05, 3.63) is 66.0 Å². The highest BCUT2D eigenvalue weighted by molar-refractivity contribution is 5.71. The Morgan fingerprint density at radius 2 is 1.84 bits per heavy atom. The summed E-state index contributed by atoms with van der Waals surface area (Å²) in [7, 11) is 0. The number of hydrogen-bond acceptors (Lipinski definition) is 3. The van der Waals surface area contributed by atoms with Gasteiger partial charge in [-0.2, -0.15) is 0 Å². The Bertz CT molecular complexity index is 874. The average Bonchev–Trinajstić information content (AvgIpc) is 2.98. The summed E-state index contributed by atoms with van der Waals surface area (Å²) in [5.74, 6) is 4.94. The molecule has 4 nitrogen and oxygen atoms in total. The highest BCUT2D eigenvalue weighted by Gasteiger charge is 2.14. The summed E-state index contributed by atoms with van der Waals surface area (Å²) in [6.07, 6.45) is 6.21. The van der Waals surface area contributed by atoms with Gasteiger partial charge in [0.25, 0.3) is 0 Å². The second kappa shape index (κ2) is 7.59. The standard InChI is InChI=1S/C21H21N3O/c1-3-14-24-19(4-2)23-20(21(24)22)17-10-12-18(13-11-17)25-15-16-8-6-5-7-9-16/h1,5-13H,4,14-15,22H2,2H3. The second-order valence-corrected chi connectivity index (χ2v) is 5.70. The van der Waals surface area contributed by atoms with Crippen LogP contribution in [-0.2, 0) is 19.6 Å². The van der Waals surface area contributed by atoms with E-state index in [1.165, 1.54) is 0 Å². The lowest BCUT2D eigenvalue weighted by atomic mass is 10.1. The van der Waals surface area contributed by atoms with E-state index in [1.54, 1.807) is 0 Å². The van der Waals surface area contributed by atoms with Crippen LogP contribution in [0.15, 0.2) is 54.6 Å². The first-order valence-electron chi connectivity index (χ1n) is 8.28. The number of benzene rings is 2. The van der Waals surface area contributed by atoms with Crippen LogP contribution in [0.5, 0.6) is 5.75 Å². The fourth-order valence-corrected chi connectivity index (χ4v) is 2.71. The molecule has 0 aliphatic rings. The smallest absolute Gasteiger partial charge is 0.132 e. The van der Waals surface area contributed by atoms with Gasteiger partial charge in [-0.05, 0) is 29.8 Å². The zero-order valence-corrected chi connectivity index (χ0v) is 14.3. The molecule has 0 unspecified atom stereocenters. The molecule has 0 spiro atoms. The molecule has 4 heteroatoms. The van der Waals surface area contributed by atoms with Crippen molar-refractivity contribution in [2.75, 3.05) is 5.73 Å². The molecule has 2 aromatic carbocycles. The van der Waals surface area contributed by atoms with Crippen LogP contribution in [0.4, 0.5) is 5.82 Å². The van der Waals surface area contributed by atoms with Crippen molar-refractivity contribution in [2.45, 2.75) is 26.5 Å². The number of hydrogen-bond donors (Lipinski definition) is 1. The third kappa shape index (κ3) is 3.67. The quantitative estimate of drug-likeness (QED) is 0.697. The van der Waals surface area contributed by atoms with Crippen molar-refractivity contribution in [2.24, 2.45) is 0 Å². The lowest BCUT2D eigenvalue weighted by Crippen LogP contribution is -2.05. The predicted molar refractivity (Wildman–Crippen MR) is 101 cm³/mol. The molecule has 0 aliphatic carbocycles. The normalized spacial score (nSPS) is 10.4. The van der Waals surface area contributed by atoms with E-state index in [0.717, 1.165) is 34.8 Å². The van der Waals surface area contributed by atoms with Crippen LogP contribution in [0.25, 0.3) is 11.3 Å². The first-order valence-corrected chi connectivity index (χ1v) is 8.28. The van der Waals surface area contributed by atoms with E-state index in [4.69, 9.17) is 16.9 Å². The molecule has 1 heterocycles. The van der Waals surface area contributed by atoms with Crippen LogP contribution < -0.4 is 10.5 Å². The van der Waals surface area contributed by atoms with Crippen LogP contribution in [-0.4, -0.2) is 9.55 Å². The summed E-state index contributed by atoms with van der Waals surface area (Å²) in [5, 5.41) is 0. The van der Waals surface area contributed by atoms with Gasteiger partial charge in [0.05, 0.1) is 6.54 Å². The number of nitrogen functional groups attached to an aromatic ring is 1. The van der Waals surface area contributed by atoms with Gasteiger partial charge in [0.2, 0.25) is 0 Å². The first-order chi connectivity index (χ1) is 12.2. The molecule has 3 aromatic rings. The van der Waals surface area contributed by atoms with Gasteiger partial charge in [-0.3, -0.25) is 0 Å². The van der Waals surface area contributed by atoms with Crippen LogP contribution in [0.1, 0.15) is 18.3 Å². The third-order valence-corrected chi connectivity index (χ3v) is 4.03. The van der Waals surface area contributed by atoms with Crippen LogP contribution in [0, 0.1) is 12.3 Å². The van der Waals surface area contributed by atoms with Gasteiger partial charge in [-0.1, -0.05) is 43.2 Å². The Morgan fingerprint density at radius 3 is 2.48 bits per heavy atom. The topological polar surface area (TPSA) is 53.1 Å². The van der Waals surface area contributed by atoms with Crippen molar-refractivity contribution in [1.29, 1.82) is 0 Å². The van der Waals surface area contributed by atoms with Gasteiger partial charge in [-0.15, -0.1) is 6.42 Å². The fraction of sp³-hybridized carbons (Fsp3) is 0.190. The number of nitrogens with zero attached hydrogens (tertiary/aromatic N) is 2. The number of ether oxygens (including phenoxy) is 1. The van der Waals surface area contributed by atoms with E-state index in [1.807, 2.05) is 66.1 Å². The Morgan fingerprint density at radius 1 is 1.12 bits per heavy atom. The highest BCUT2D eigenvalue weighted by Crippen LogP contribution is 2.28. The molecule has 0 atom stereocenters. The molecule has 25 heavy (non-hydrogen) atoms. The zero-order valence-electron chi connectivity index (χ0n) is 14.3. The maximum atomic E-state index is 6.24. The van der Waals surface area contributed by atoms with Crippen LogP contribution >= 0.6 is 0 Å². The molecule has 0 fully saturated rings. The molecule has 0 radical (unpaired) electrons. The fourth-order valence-electron chi connectivity index (χ4n) is 2.71. The molecular weight excluding hydrogens is 310 g/mol. The van der Waals surface area contributed by atoms with Crippen molar-refractivity contribution in [1.82, 2.24) is 9.55 Å². The minimum absolute atomic E-state index is 0.431. The zero-order chi connectivity index (χ0) is 17.6. The van der Waals surface area contributed by atoms with Crippen molar-refractivity contribution in [3.63, 3.8) is 0 Å². The molecular formula is C21H21N3O. The SMILES string of the molecule is C#CCn1c(CC)nc(-c2ccc(OCc3ccccc3)cc2)c1N. The molecule has 1 aromatic heterocycles. The second-order valence-electron chi connectivity index (χ2n) is 5.70. The number of aromatic nitrogens is 2. The molecule has 126 valence electrons. The van der Waals surface area contributed by atoms with Crippen LogP contribution in [0.3, 0.4) is 0 Å². The van der Waals surface area contributed by atoms with Gasteiger partial charge in [0.15, 0.2) is 0 Å². The maximum absolute atomic E-state index is 6.24. The van der Waals surface area contributed by atoms with Gasteiger partial charge in [-0.25, -0.2) is 4.98 Å². The lowest BCUT2D eigenvalue weighted by Gasteiger charge is -2.07. The first kappa shape index (κ1) is 16.7. The summed E-state index contributed by atoms with van der Waals surface area (Å²) < 4.78 is 7.70. The third-order valence-electron chi connectivity index (χ3n) is 4.03. The van der Waals surface area contributed by atoms with E-state index in [9.17, 15) is 0 Å². The Kier molecular flexibility index (Phi) is 5.06. The Hall–Kier alpha value is -3.19. The number of anilines is 1. The van der Waals surface area contributed by atoms with E-state index >= 15 is 0 Å². The van der Waals surface area contributed by atoms with E-state index < -0.39 is 0 Å². The molecule has 0 amide bonds. The minimum atomic E-state index is 0.431. The number of aryl methyl sites for hydroxylation is 1. The van der Waals surface area contributed by atoms with Crippen LogP contribution in [0.2, 0.25) is 0 Å². The average molecular weight is 331 g/mol. The van der Waals surface area contributed by atoms with Crippen molar-refractivity contribution in [3.8, 4) is 29.4 Å². The summed E-state index contributed by atoms with van der Waals surface area (Å²) in [4.78, 5) is 4.64. The summed E-state index contributed by atoms with van der Waals surface area (Å²) in [6, 6.07) is 17.9. The van der Waals surface area contributed by atoms with E-state index in [-0.39, 0.29) is 0 Å². The van der Waals surface area contributed by atoms with Gasteiger partial charge in [0.1, 0.15) is 29.7 Å². The Labute approximate surface area is 148 Å². The molecule has 0 saturated carbocycles. The minimum Gasteiger partial charge on any atom is -0.489 e. The number of rotatable bonds is 6. The van der Waals surface area contributed by atoms with Crippen molar-refractivity contribution < 1.29 is 4.74 Å². The largest absolute Gasteiger partial charge is 0.489 e.